The van der Waals surface area contributed by atoms with Crippen molar-refractivity contribution in [2.24, 2.45) is 5.92 Å². The van der Waals surface area contributed by atoms with Gasteiger partial charge in [-0.2, -0.15) is 0 Å². The predicted molar refractivity (Wildman–Crippen MR) is 97.1 cm³/mol. The van der Waals surface area contributed by atoms with E-state index in [-0.39, 0.29) is 10.8 Å². The number of nitrogens with one attached hydrogen (secondary N) is 3. The molecule has 1 aliphatic heterocycles. The van der Waals surface area contributed by atoms with E-state index in [9.17, 15) is 13.2 Å². The SMILES string of the molecule is Cc1ccc(NS(=O)(=O)c2cccc(C(=O)NCC3CNC3)c2)cc1. The monoisotopic (exact) mass is 359 g/mol. The third kappa shape index (κ3) is 4.37. The Labute approximate surface area is 147 Å². The van der Waals surface area contributed by atoms with Gasteiger partial charge in [-0.15, -0.1) is 0 Å². The Morgan fingerprint density at radius 2 is 1.88 bits per heavy atom. The van der Waals surface area contributed by atoms with Crippen LogP contribution >= 0.6 is 0 Å². The minimum atomic E-state index is -3.75. The van der Waals surface area contributed by atoms with Crippen molar-refractivity contribution in [3.05, 3.63) is 59.7 Å². The van der Waals surface area contributed by atoms with Crippen LogP contribution < -0.4 is 15.4 Å². The van der Waals surface area contributed by atoms with Gasteiger partial charge >= 0.3 is 0 Å². The highest BCUT2D eigenvalue weighted by atomic mass is 32.2. The second kappa shape index (κ2) is 7.25. The van der Waals surface area contributed by atoms with E-state index in [4.69, 9.17) is 0 Å². The normalized spacial score (nSPS) is 14.6. The summed E-state index contributed by atoms with van der Waals surface area (Å²) < 4.78 is 27.6. The lowest BCUT2D eigenvalue weighted by Crippen LogP contribution is -2.48. The van der Waals surface area contributed by atoms with Gasteiger partial charge in [-0.1, -0.05) is 23.8 Å². The highest BCUT2D eigenvalue weighted by Crippen LogP contribution is 2.17. The molecule has 1 fully saturated rings. The van der Waals surface area contributed by atoms with E-state index < -0.39 is 10.0 Å². The molecule has 0 bridgehead atoms. The zero-order valence-electron chi connectivity index (χ0n) is 14.0. The van der Waals surface area contributed by atoms with E-state index >= 15 is 0 Å². The van der Waals surface area contributed by atoms with Crippen molar-refractivity contribution in [1.82, 2.24) is 10.6 Å². The van der Waals surface area contributed by atoms with Gasteiger partial charge in [0.15, 0.2) is 0 Å². The number of anilines is 1. The number of amides is 1. The smallest absolute Gasteiger partial charge is 0.261 e. The average molecular weight is 359 g/mol. The Hall–Kier alpha value is -2.38. The predicted octanol–water partition coefficient (Wildman–Crippen LogP) is 1.75. The summed E-state index contributed by atoms with van der Waals surface area (Å²) in [5.41, 5.74) is 1.86. The van der Waals surface area contributed by atoms with Crippen LogP contribution in [0.2, 0.25) is 0 Å². The molecule has 1 aliphatic rings. The average Bonchev–Trinajstić information content (AvgIpc) is 2.55. The topological polar surface area (TPSA) is 87.3 Å². The lowest BCUT2D eigenvalue weighted by Gasteiger charge is -2.27. The Balaban J connectivity index is 1.72. The van der Waals surface area contributed by atoms with E-state index in [0.717, 1.165) is 18.7 Å². The van der Waals surface area contributed by atoms with Crippen LogP contribution in [0.25, 0.3) is 0 Å². The molecule has 0 radical (unpaired) electrons. The molecule has 3 N–H and O–H groups in total. The first-order valence-electron chi connectivity index (χ1n) is 8.12. The number of carbonyl (C=O) groups excluding carboxylic acids is 1. The third-order valence-electron chi connectivity index (χ3n) is 4.13. The summed E-state index contributed by atoms with van der Waals surface area (Å²) in [6.45, 7) is 4.31. The summed E-state index contributed by atoms with van der Waals surface area (Å²) in [5.74, 6) is 0.179. The molecule has 2 aromatic carbocycles. The molecule has 25 heavy (non-hydrogen) atoms. The summed E-state index contributed by atoms with van der Waals surface area (Å²) in [7, 11) is -3.75. The summed E-state index contributed by atoms with van der Waals surface area (Å²) in [6, 6.07) is 13.1. The molecule has 0 aliphatic carbocycles. The first kappa shape index (κ1) is 17.4. The summed E-state index contributed by atoms with van der Waals surface area (Å²) in [5, 5.41) is 5.98. The molecule has 2 aromatic rings. The number of hydrogen-bond acceptors (Lipinski definition) is 4. The van der Waals surface area contributed by atoms with Gasteiger partial charge in [-0.3, -0.25) is 9.52 Å². The maximum absolute atomic E-state index is 12.5. The van der Waals surface area contributed by atoms with Gasteiger partial charge in [-0.05, 0) is 37.3 Å². The molecule has 0 saturated carbocycles. The molecule has 132 valence electrons. The standard InChI is InChI=1S/C18H21N3O3S/c1-13-5-7-16(8-6-13)21-25(23,24)17-4-2-3-15(9-17)18(22)20-12-14-10-19-11-14/h2-9,14,19,21H,10-12H2,1H3,(H,20,22). The Morgan fingerprint density at radius 1 is 1.16 bits per heavy atom. The van der Waals surface area contributed by atoms with Crippen molar-refractivity contribution in [2.75, 3.05) is 24.4 Å². The lowest BCUT2D eigenvalue weighted by molar-refractivity contribution is 0.0942. The fourth-order valence-corrected chi connectivity index (χ4v) is 3.58. The van der Waals surface area contributed by atoms with Gasteiger partial charge in [0, 0.05) is 36.8 Å². The molecule has 3 rings (SSSR count). The van der Waals surface area contributed by atoms with Crippen molar-refractivity contribution in [1.29, 1.82) is 0 Å². The van der Waals surface area contributed by atoms with Crippen molar-refractivity contribution in [2.45, 2.75) is 11.8 Å². The Bertz CT molecular complexity index is 859. The summed E-state index contributed by atoms with van der Waals surface area (Å²) in [4.78, 5) is 12.3. The second-order valence-electron chi connectivity index (χ2n) is 6.23. The summed E-state index contributed by atoms with van der Waals surface area (Å²) >= 11 is 0. The fraction of sp³-hybridized carbons (Fsp3) is 0.278. The van der Waals surface area contributed by atoms with Crippen LogP contribution in [0.1, 0.15) is 15.9 Å². The van der Waals surface area contributed by atoms with Crippen LogP contribution in [0, 0.1) is 12.8 Å². The zero-order valence-corrected chi connectivity index (χ0v) is 14.8. The Morgan fingerprint density at radius 3 is 2.52 bits per heavy atom. The van der Waals surface area contributed by atoms with Crippen LogP contribution in [0.15, 0.2) is 53.4 Å². The summed E-state index contributed by atoms with van der Waals surface area (Å²) in [6.07, 6.45) is 0. The molecular weight excluding hydrogens is 338 g/mol. The molecule has 1 saturated heterocycles. The second-order valence-corrected chi connectivity index (χ2v) is 7.92. The van der Waals surface area contributed by atoms with E-state index in [0.29, 0.717) is 23.7 Å². The molecule has 0 atom stereocenters. The van der Waals surface area contributed by atoms with E-state index in [1.54, 1.807) is 24.3 Å². The molecule has 7 heteroatoms. The van der Waals surface area contributed by atoms with E-state index in [1.165, 1.54) is 12.1 Å². The van der Waals surface area contributed by atoms with Crippen molar-refractivity contribution < 1.29 is 13.2 Å². The van der Waals surface area contributed by atoms with Gasteiger partial charge < -0.3 is 10.6 Å². The number of carbonyl (C=O) groups is 1. The number of benzene rings is 2. The van der Waals surface area contributed by atoms with Gasteiger partial charge in [-0.25, -0.2) is 8.42 Å². The number of rotatable bonds is 6. The molecule has 1 heterocycles. The first-order chi connectivity index (χ1) is 11.9. The number of sulfonamides is 1. The first-order valence-corrected chi connectivity index (χ1v) is 9.61. The van der Waals surface area contributed by atoms with Crippen molar-refractivity contribution >= 4 is 21.6 Å². The molecular formula is C18H21N3O3S. The quantitative estimate of drug-likeness (QED) is 0.733. The fourth-order valence-electron chi connectivity index (χ4n) is 2.47. The lowest BCUT2D eigenvalue weighted by atomic mass is 10.0. The molecule has 0 spiro atoms. The molecule has 0 aromatic heterocycles. The maximum atomic E-state index is 12.5. The Kier molecular flexibility index (Phi) is 5.06. The number of aryl methyl sites for hydroxylation is 1. The minimum absolute atomic E-state index is 0.0611. The van der Waals surface area contributed by atoms with Crippen molar-refractivity contribution in [3.63, 3.8) is 0 Å². The van der Waals surface area contributed by atoms with Crippen LogP contribution in [0.4, 0.5) is 5.69 Å². The van der Waals surface area contributed by atoms with Gasteiger partial charge in [0.25, 0.3) is 15.9 Å². The minimum Gasteiger partial charge on any atom is -0.352 e. The number of hydrogen-bond donors (Lipinski definition) is 3. The molecule has 1 amide bonds. The van der Waals surface area contributed by atoms with Crippen LogP contribution in [-0.2, 0) is 10.0 Å². The van der Waals surface area contributed by atoms with Crippen LogP contribution in [0.5, 0.6) is 0 Å². The van der Waals surface area contributed by atoms with E-state index in [2.05, 4.69) is 15.4 Å². The third-order valence-corrected chi connectivity index (χ3v) is 5.51. The van der Waals surface area contributed by atoms with Gasteiger partial charge in [0.1, 0.15) is 0 Å². The largest absolute Gasteiger partial charge is 0.352 e. The zero-order chi connectivity index (χ0) is 17.9. The highest BCUT2D eigenvalue weighted by molar-refractivity contribution is 7.92. The van der Waals surface area contributed by atoms with Gasteiger partial charge in [0.05, 0.1) is 4.90 Å². The van der Waals surface area contributed by atoms with Crippen LogP contribution in [0.3, 0.4) is 0 Å². The maximum Gasteiger partial charge on any atom is 0.261 e. The van der Waals surface area contributed by atoms with Crippen LogP contribution in [-0.4, -0.2) is 34.0 Å². The van der Waals surface area contributed by atoms with Crippen molar-refractivity contribution in [3.8, 4) is 0 Å². The van der Waals surface area contributed by atoms with Gasteiger partial charge in [0.2, 0.25) is 0 Å². The molecule has 0 unspecified atom stereocenters. The van der Waals surface area contributed by atoms with E-state index in [1.807, 2.05) is 19.1 Å². The highest BCUT2D eigenvalue weighted by Gasteiger charge is 2.19. The molecule has 6 nitrogen and oxygen atoms in total.